The molecule has 36 heavy (non-hydrogen) atoms. The number of hydrogen-bond acceptors (Lipinski definition) is 5. The zero-order valence-electron chi connectivity index (χ0n) is 20.0. The van der Waals surface area contributed by atoms with Gasteiger partial charge in [-0.3, -0.25) is 14.3 Å². The summed E-state index contributed by atoms with van der Waals surface area (Å²) in [7, 11) is 0. The maximum absolute atomic E-state index is 13.9. The van der Waals surface area contributed by atoms with E-state index in [9.17, 15) is 10.1 Å². The smallest absolute Gasteiger partial charge is 0.278 e. The molecule has 1 saturated heterocycles. The largest absolute Gasteiger partial charge is 0.357 e. The molecule has 178 valence electrons. The zero-order valence-corrected chi connectivity index (χ0v) is 20.0. The van der Waals surface area contributed by atoms with Crippen molar-refractivity contribution in [2.24, 2.45) is 0 Å². The molecule has 0 bridgehead atoms. The van der Waals surface area contributed by atoms with Gasteiger partial charge in [-0.25, -0.2) is 4.98 Å². The van der Waals surface area contributed by atoms with Crippen molar-refractivity contribution >= 4 is 27.8 Å². The molecule has 7 nitrogen and oxygen atoms in total. The van der Waals surface area contributed by atoms with E-state index in [0.29, 0.717) is 29.7 Å². The Kier molecular flexibility index (Phi) is 5.70. The molecule has 0 saturated carbocycles. The summed E-state index contributed by atoms with van der Waals surface area (Å²) in [6.07, 6.45) is 6.69. The number of aromatic nitrogens is 4. The normalized spacial score (nSPS) is 13.8. The molecule has 6 rings (SSSR count). The number of piperidine rings is 1. The number of pyridine rings is 1. The number of benzene rings is 2. The second kappa shape index (κ2) is 9.31. The van der Waals surface area contributed by atoms with E-state index in [4.69, 9.17) is 0 Å². The maximum Gasteiger partial charge on any atom is 0.278 e. The van der Waals surface area contributed by atoms with E-state index >= 15 is 0 Å². The van der Waals surface area contributed by atoms with Crippen molar-refractivity contribution in [1.82, 2.24) is 19.1 Å². The van der Waals surface area contributed by atoms with Crippen molar-refractivity contribution in [3.63, 3.8) is 0 Å². The molecule has 2 aromatic carbocycles. The Labute approximate surface area is 208 Å². The third-order valence-corrected chi connectivity index (χ3v) is 6.97. The van der Waals surface area contributed by atoms with Gasteiger partial charge in [-0.2, -0.15) is 5.26 Å². The summed E-state index contributed by atoms with van der Waals surface area (Å²) in [5.41, 5.74) is 4.32. The number of rotatable bonds is 5. The van der Waals surface area contributed by atoms with E-state index in [1.807, 2.05) is 47.0 Å². The summed E-state index contributed by atoms with van der Waals surface area (Å²) in [5.74, 6) is 0.815. The Morgan fingerprint density at radius 1 is 0.889 bits per heavy atom. The fourth-order valence-electron chi connectivity index (χ4n) is 5.24. The molecule has 0 atom stereocenters. The first-order chi connectivity index (χ1) is 17.7. The van der Waals surface area contributed by atoms with Crippen molar-refractivity contribution in [1.29, 1.82) is 5.26 Å². The van der Waals surface area contributed by atoms with Gasteiger partial charge in [0.1, 0.15) is 28.5 Å². The predicted molar refractivity (Wildman–Crippen MR) is 141 cm³/mol. The van der Waals surface area contributed by atoms with Crippen molar-refractivity contribution in [3.05, 3.63) is 100 Å². The fourth-order valence-corrected chi connectivity index (χ4v) is 5.24. The minimum absolute atomic E-state index is 0.137. The van der Waals surface area contributed by atoms with E-state index in [1.165, 1.54) is 6.42 Å². The number of anilines is 1. The van der Waals surface area contributed by atoms with Crippen molar-refractivity contribution < 1.29 is 0 Å². The van der Waals surface area contributed by atoms with Gasteiger partial charge < -0.3 is 9.47 Å². The summed E-state index contributed by atoms with van der Waals surface area (Å²) >= 11 is 0. The SMILES string of the molecule is N#Cc1c(N2CCCCC2)n(Cc2ccccc2)c2c(=O)n(Cc3ccc4ncccc4c3)cnc12. The lowest BCUT2D eigenvalue weighted by molar-refractivity contribution is 0.565. The molecule has 7 heteroatoms. The van der Waals surface area contributed by atoms with Crippen LogP contribution in [0.1, 0.15) is 36.0 Å². The average Bonchev–Trinajstić information content (AvgIpc) is 3.25. The van der Waals surface area contributed by atoms with Crippen LogP contribution in [0.25, 0.3) is 21.9 Å². The number of nitriles is 1. The second-order valence-electron chi connectivity index (χ2n) is 9.34. The van der Waals surface area contributed by atoms with Gasteiger partial charge >= 0.3 is 0 Å². The van der Waals surface area contributed by atoms with Crippen LogP contribution >= 0.6 is 0 Å². The van der Waals surface area contributed by atoms with Gasteiger partial charge in [-0.05, 0) is 48.6 Å². The third-order valence-electron chi connectivity index (χ3n) is 6.97. The van der Waals surface area contributed by atoms with Crippen LogP contribution in [0, 0.1) is 11.3 Å². The van der Waals surface area contributed by atoms with Crippen LogP contribution in [0.15, 0.2) is 78.0 Å². The molecule has 0 spiro atoms. The van der Waals surface area contributed by atoms with Gasteiger partial charge in [0.25, 0.3) is 5.56 Å². The van der Waals surface area contributed by atoms with Crippen LogP contribution in [0.5, 0.6) is 0 Å². The van der Waals surface area contributed by atoms with E-state index in [0.717, 1.165) is 53.8 Å². The summed E-state index contributed by atoms with van der Waals surface area (Å²) in [6, 6.07) is 22.4. The van der Waals surface area contributed by atoms with Crippen LogP contribution in [-0.4, -0.2) is 32.2 Å². The number of hydrogen-bond donors (Lipinski definition) is 0. The Balaban J connectivity index is 1.51. The first-order valence-corrected chi connectivity index (χ1v) is 12.4. The molecule has 1 aliphatic heterocycles. The summed E-state index contributed by atoms with van der Waals surface area (Å²) in [5, 5.41) is 11.2. The highest BCUT2D eigenvalue weighted by Crippen LogP contribution is 2.32. The topological polar surface area (TPSA) is 79.7 Å². The predicted octanol–water partition coefficient (Wildman–Crippen LogP) is 4.70. The highest BCUT2D eigenvalue weighted by Gasteiger charge is 2.27. The molecular formula is C29H26N6O. The van der Waals surface area contributed by atoms with Gasteiger partial charge in [-0.15, -0.1) is 0 Å². The lowest BCUT2D eigenvalue weighted by Gasteiger charge is -2.30. The molecule has 0 N–H and O–H groups in total. The first-order valence-electron chi connectivity index (χ1n) is 12.4. The average molecular weight is 475 g/mol. The van der Waals surface area contributed by atoms with Crippen LogP contribution in [0.4, 0.5) is 5.82 Å². The van der Waals surface area contributed by atoms with E-state index in [1.54, 1.807) is 17.1 Å². The maximum atomic E-state index is 13.9. The Morgan fingerprint density at radius 3 is 2.53 bits per heavy atom. The molecule has 0 aliphatic carbocycles. The second-order valence-corrected chi connectivity index (χ2v) is 9.34. The molecule has 1 aliphatic rings. The first kappa shape index (κ1) is 22.1. The molecule has 1 fully saturated rings. The monoisotopic (exact) mass is 474 g/mol. The summed E-state index contributed by atoms with van der Waals surface area (Å²) < 4.78 is 3.66. The quantitative estimate of drug-likeness (QED) is 0.369. The zero-order chi connectivity index (χ0) is 24.5. The Morgan fingerprint density at radius 2 is 1.72 bits per heavy atom. The molecule has 0 amide bonds. The van der Waals surface area contributed by atoms with Gasteiger partial charge in [0.15, 0.2) is 0 Å². The molecule has 0 unspecified atom stereocenters. The standard InChI is InChI=1S/C29H26N6O/c30-17-24-26-27(35(19-21-8-3-1-4-9-21)28(24)33-14-5-2-6-15-33)29(36)34(20-32-26)18-22-11-12-25-23(16-22)10-7-13-31-25/h1,3-4,7-13,16,20H,2,5-6,14-15,18-19H2. The van der Waals surface area contributed by atoms with E-state index in [2.05, 4.69) is 39.1 Å². The third kappa shape index (κ3) is 3.91. The lowest BCUT2D eigenvalue weighted by atomic mass is 10.1. The van der Waals surface area contributed by atoms with Crippen molar-refractivity contribution in [2.45, 2.75) is 32.4 Å². The molecule has 4 heterocycles. The molecule has 5 aromatic rings. The lowest BCUT2D eigenvalue weighted by Crippen LogP contribution is -2.32. The summed E-state index contributed by atoms with van der Waals surface area (Å²) in [6.45, 7) is 2.65. The van der Waals surface area contributed by atoms with Crippen LogP contribution in [0.2, 0.25) is 0 Å². The minimum atomic E-state index is -0.137. The van der Waals surface area contributed by atoms with Gasteiger partial charge in [0.05, 0.1) is 18.4 Å². The Bertz CT molecular complexity index is 1660. The van der Waals surface area contributed by atoms with E-state index in [-0.39, 0.29) is 5.56 Å². The van der Waals surface area contributed by atoms with Crippen LogP contribution in [0.3, 0.4) is 0 Å². The van der Waals surface area contributed by atoms with Gasteiger partial charge in [-0.1, -0.05) is 42.5 Å². The van der Waals surface area contributed by atoms with Crippen molar-refractivity contribution in [3.8, 4) is 6.07 Å². The summed E-state index contributed by atoms with van der Waals surface area (Å²) in [4.78, 5) is 25.2. The highest BCUT2D eigenvalue weighted by atomic mass is 16.1. The van der Waals surface area contributed by atoms with Gasteiger partial charge in [0, 0.05) is 31.2 Å². The number of fused-ring (bicyclic) bond motifs is 2. The van der Waals surface area contributed by atoms with E-state index < -0.39 is 0 Å². The number of nitrogens with zero attached hydrogens (tertiary/aromatic N) is 6. The molecular weight excluding hydrogens is 448 g/mol. The highest BCUT2D eigenvalue weighted by molar-refractivity contribution is 5.89. The van der Waals surface area contributed by atoms with Gasteiger partial charge in [0.2, 0.25) is 0 Å². The minimum Gasteiger partial charge on any atom is -0.357 e. The molecule has 3 aromatic heterocycles. The van der Waals surface area contributed by atoms with Crippen LogP contribution in [-0.2, 0) is 13.1 Å². The van der Waals surface area contributed by atoms with Crippen molar-refractivity contribution in [2.75, 3.05) is 18.0 Å². The fraction of sp³-hybridized carbons (Fsp3) is 0.241. The Hall–Kier alpha value is -4.44. The molecule has 0 radical (unpaired) electrons. The van der Waals surface area contributed by atoms with Crippen LogP contribution < -0.4 is 10.5 Å².